The smallest absolute Gasteiger partial charge is 0.220 e. The first-order valence-corrected chi connectivity index (χ1v) is 7.46. The molecule has 1 aromatic carbocycles. The average Bonchev–Trinajstić information content (AvgIpc) is 2.52. The molecule has 0 saturated carbocycles. The van der Waals surface area contributed by atoms with E-state index >= 15 is 0 Å². The summed E-state index contributed by atoms with van der Waals surface area (Å²) in [6.07, 6.45) is 3.22. The van der Waals surface area contributed by atoms with Crippen LogP contribution in [0.15, 0.2) is 30.3 Å². The van der Waals surface area contributed by atoms with Crippen LogP contribution in [0.2, 0.25) is 0 Å². The first-order valence-electron chi connectivity index (χ1n) is 7.46. The van der Waals surface area contributed by atoms with E-state index < -0.39 is 6.10 Å². The Morgan fingerprint density at radius 1 is 1.29 bits per heavy atom. The molecule has 1 aliphatic rings. The number of benzene rings is 1. The van der Waals surface area contributed by atoms with Crippen LogP contribution in [0.3, 0.4) is 0 Å². The Morgan fingerprint density at radius 2 is 1.95 bits per heavy atom. The Morgan fingerprint density at radius 3 is 2.62 bits per heavy atom. The van der Waals surface area contributed by atoms with Crippen molar-refractivity contribution in [2.24, 2.45) is 5.92 Å². The maximum absolute atomic E-state index is 11.8. The molecule has 1 heterocycles. The van der Waals surface area contributed by atoms with Crippen LogP contribution in [0.5, 0.6) is 0 Å². The summed E-state index contributed by atoms with van der Waals surface area (Å²) >= 11 is 0. The van der Waals surface area contributed by atoms with E-state index in [2.05, 4.69) is 10.6 Å². The highest BCUT2D eigenvalue weighted by atomic mass is 35.5. The van der Waals surface area contributed by atoms with Gasteiger partial charge in [0, 0.05) is 13.0 Å². The zero-order valence-electron chi connectivity index (χ0n) is 12.3. The van der Waals surface area contributed by atoms with Gasteiger partial charge in [0.05, 0.1) is 6.10 Å². The van der Waals surface area contributed by atoms with Crippen LogP contribution in [0.1, 0.15) is 37.4 Å². The lowest BCUT2D eigenvalue weighted by molar-refractivity contribution is -0.121. The van der Waals surface area contributed by atoms with Gasteiger partial charge in [0.2, 0.25) is 5.91 Å². The molecule has 21 heavy (non-hydrogen) atoms. The molecule has 0 radical (unpaired) electrons. The first kappa shape index (κ1) is 18.0. The van der Waals surface area contributed by atoms with Crippen molar-refractivity contribution in [1.29, 1.82) is 0 Å². The summed E-state index contributed by atoms with van der Waals surface area (Å²) in [7, 11) is 0. The predicted octanol–water partition coefficient (Wildman–Crippen LogP) is 2.04. The third-order valence-electron chi connectivity index (χ3n) is 3.92. The van der Waals surface area contributed by atoms with Crippen LogP contribution in [0.25, 0.3) is 0 Å². The summed E-state index contributed by atoms with van der Waals surface area (Å²) in [5.74, 6) is 0.708. The highest BCUT2D eigenvalue weighted by molar-refractivity contribution is 5.85. The number of hydrogen-bond acceptors (Lipinski definition) is 3. The molecule has 1 amide bonds. The van der Waals surface area contributed by atoms with E-state index in [4.69, 9.17) is 0 Å². The van der Waals surface area contributed by atoms with Crippen LogP contribution in [-0.2, 0) is 4.79 Å². The zero-order valence-corrected chi connectivity index (χ0v) is 13.1. The minimum atomic E-state index is -0.626. The molecule has 2 rings (SSSR count). The maximum Gasteiger partial charge on any atom is 0.220 e. The van der Waals surface area contributed by atoms with Crippen molar-refractivity contribution in [1.82, 2.24) is 10.6 Å². The molecule has 1 unspecified atom stereocenters. The summed E-state index contributed by atoms with van der Waals surface area (Å²) < 4.78 is 0. The quantitative estimate of drug-likeness (QED) is 0.753. The highest BCUT2D eigenvalue weighted by Gasteiger charge is 2.15. The monoisotopic (exact) mass is 312 g/mol. The zero-order chi connectivity index (χ0) is 14.2. The van der Waals surface area contributed by atoms with Crippen molar-refractivity contribution in [2.45, 2.75) is 31.8 Å². The van der Waals surface area contributed by atoms with Gasteiger partial charge in [-0.2, -0.15) is 0 Å². The molecule has 118 valence electrons. The molecular weight excluding hydrogens is 288 g/mol. The number of carbonyl (C=O) groups is 1. The molecule has 0 aliphatic carbocycles. The van der Waals surface area contributed by atoms with E-state index in [1.165, 1.54) is 12.8 Å². The number of carbonyl (C=O) groups excluding carboxylic acids is 1. The van der Waals surface area contributed by atoms with Crippen molar-refractivity contribution >= 4 is 18.3 Å². The summed E-state index contributed by atoms with van der Waals surface area (Å²) in [5.41, 5.74) is 0.839. The van der Waals surface area contributed by atoms with Crippen LogP contribution < -0.4 is 10.6 Å². The van der Waals surface area contributed by atoms with E-state index in [0.29, 0.717) is 12.3 Å². The lowest BCUT2D eigenvalue weighted by atomic mass is 9.93. The van der Waals surface area contributed by atoms with Crippen LogP contribution in [0.4, 0.5) is 0 Å². The lowest BCUT2D eigenvalue weighted by Gasteiger charge is -2.22. The summed E-state index contributed by atoms with van der Waals surface area (Å²) in [6, 6.07) is 9.42. The molecule has 0 aromatic heterocycles. The number of aliphatic hydroxyl groups excluding tert-OH is 1. The molecule has 1 atom stereocenters. The SMILES string of the molecule is Cl.O=C(CCC1CCNCC1)NCC(O)c1ccccc1. The van der Waals surface area contributed by atoms with Gasteiger partial charge < -0.3 is 15.7 Å². The fourth-order valence-corrected chi connectivity index (χ4v) is 2.60. The molecule has 1 aromatic rings. The van der Waals surface area contributed by atoms with Gasteiger partial charge in [-0.25, -0.2) is 0 Å². The highest BCUT2D eigenvalue weighted by Crippen LogP contribution is 2.17. The lowest BCUT2D eigenvalue weighted by Crippen LogP contribution is -2.31. The van der Waals surface area contributed by atoms with Gasteiger partial charge in [-0.1, -0.05) is 30.3 Å². The first-order chi connectivity index (χ1) is 9.75. The molecule has 0 spiro atoms. The normalized spacial score (nSPS) is 16.8. The fourth-order valence-electron chi connectivity index (χ4n) is 2.60. The van der Waals surface area contributed by atoms with Gasteiger partial charge in [0.15, 0.2) is 0 Å². The Hall–Kier alpha value is -1.10. The van der Waals surface area contributed by atoms with Gasteiger partial charge >= 0.3 is 0 Å². The van der Waals surface area contributed by atoms with Gasteiger partial charge in [-0.15, -0.1) is 12.4 Å². The third kappa shape index (κ3) is 6.46. The second-order valence-corrected chi connectivity index (χ2v) is 5.46. The molecule has 5 heteroatoms. The molecule has 1 aliphatic heterocycles. The number of rotatable bonds is 6. The van der Waals surface area contributed by atoms with Crippen molar-refractivity contribution in [3.05, 3.63) is 35.9 Å². The van der Waals surface area contributed by atoms with Gasteiger partial charge in [-0.05, 0) is 43.8 Å². The van der Waals surface area contributed by atoms with Crippen LogP contribution in [-0.4, -0.2) is 30.6 Å². The molecule has 1 saturated heterocycles. The average molecular weight is 313 g/mol. The standard InChI is InChI=1S/C16H24N2O2.ClH/c19-15(14-4-2-1-3-5-14)12-18-16(20)7-6-13-8-10-17-11-9-13;/h1-5,13,15,17,19H,6-12H2,(H,18,20);1H. The number of aliphatic hydroxyl groups is 1. The Labute approximate surface area is 132 Å². The minimum Gasteiger partial charge on any atom is -0.387 e. The largest absolute Gasteiger partial charge is 0.387 e. The van der Waals surface area contributed by atoms with E-state index in [1.807, 2.05) is 30.3 Å². The molecule has 3 N–H and O–H groups in total. The van der Waals surface area contributed by atoms with Gasteiger partial charge in [-0.3, -0.25) is 4.79 Å². The molecular formula is C16H25ClN2O2. The number of amides is 1. The Kier molecular flexibility index (Phi) is 8.35. The third-order valence-corrected chi connectivity index (χ3v) is 3.92. The topological polar surface area (TPSA) is 61.4 Å². The van der Waals surface area contributed by atoms with E-state index in [1.54, 1.807) is 0 Å². The van der Waals surface area contributed by atoms with Crippen LogP contribution in [0, 0.1) is 5.92 Å². The van der Waals surface area contributed by atoms with E-state index in [9.17, 15) is 9.90 Å². The summed E-state index contributed by atoms with van der Waals surface area (Å²) in [4.78, 5) is 11.8. The Balaban J connectivity index is 0.00000220. The number of hydrogen-bond donors (Lipinski definition) is 3. The Bertz CT molecular complexity index is 408. The fraction of sp³-hybridized carbons (Fsp3) is 0.562. The van der Waals surface area contributed by atoms with E-state index in [-0.39, 0.29) is 24.9 Å². The van der Waals surface area contributed by atoms with Crippen LogP contribution >= 0.6 is 12.4 Å². The number of nitrogens with one attached hydrogen (secondary N) is 2. The molecule has 4 nitrogen and oxygen atoms in total. The summed E-state index contributed by atoms with van der Waals surface area (Å²) in [6.45, 7) is 2.42. The van der Waals surface area contributed by atoms with Crippen molar-refractivity contribution in [3.63, 3.8) is 0 Å². The molecule has 0 bridgehead atoms. The second kappa shape index (κ2) is 9.77. The molecule has 1 fully saturated rings. The van der Waals surface area contributed by atoms with Crippen molar-refractivity contribution in [3.8, 4) is 0 Å². The number of piperidine rings is 1. The summed E-state index contributed by atoms with van der Waals surface area (Å²) in [5, 5.41) is 16.1. The van der Waals surface area contributed by atoms with Crippen molar-refractivity contribution < 1.29 is 9.90 Å². The predicted molar refractivity (Wildman–Crippen MR) is 86.5 cm³/mol. The minimum absolute atomic E-state index is 0. The second-order valence-electron chi connectivity index (χ2n) is 5.46. The van der Waals surface area contributed by atoms with Crippen molar-refractivity contribution in [2.75, 3.05) is 19.6 Å². The van der Waals surface area contributed by atoms with Gasteiger partial charge in [0.25, 0.3) is 0 Å². The van der Waals surface area contributed by atoms with E-state index in [0.717, 1.165) is 25.1 Å². The maximum atomic E-state index is 11.8. The van der Waals surface area contributed by atoms with Gasteiger partial charge in [0.1, 0.15) is 0 Å². The number of halogens is 1.